The molecule has 1 heterocycles. The highest BCUT2D eigenvalue weighted by Gasteiger charge is 2.10. The van der Waals surface area contributed by atoms with Gasteiger partial charge in [-0.25, -0.2) is 0 Å². The third-order valence-electron chi connectivity index (χ3n) is 2.78. The molecule has 0 spiro atoms. The van der Waals surface area contributed by atoms with Crippen LogP contribution in [0, 0.1) is 0 Å². The molecule has 3 aromatic rings. The maximum absolute atomic E-state index is 5.98. The van der Waals surface area contributed by atoms with Gasteiger partial charge in [-0.05, 0) is 24.3 Å². The molecule has 18 heavy (non-hydrogen) atoms. The van der Waals surface area contributed by atoms with Gasteiger partial charge >= 0.3 is 0 Å². The van der Waals surface area contributed by atoms with Crippen LogP contribution >= 0.6 is 0 Å². The molecule has 0 amide bonds. The number of para-hydroxylation sites is 2. The van der Waals surface area contributed by atoms with E-state index < -0.39 is 0 Å². The summed E-state index contributed by atoms with van der Waals surface area (Å²) in [6.45, 7) is 0. The van der Waals surface area contributed by atoms with Crippen LogP contribution in [0.2, 0.25) is 0 Å². The Kier molecular flexibility index (Phi) is 2.53. The summed E-state index contributed by atoms with van der Waals surface area (Å²) in [5.41, 5.74) is 8.58. The predicted molar refractivity (Wildman–Crippen MR) is 71.2 cm³/mol. The van der Waals surface area contributed by atoms with E-state index in [1.54, 1.807) is 6.33 Å². The van der Waals surface area contributed by atoms with Gasteiger partial charge in [0.2, 0.25) is 0 Å². The SMILES string of the molecule is Nc1ccccc1-c1nncn1-c1ccccc1. The monoisotopic (exact) mass is 236 g/mol. The zero-order valence-corrected chi connectivity index (χ0v) is 9.69. The van der Waals surface area contributed by atoms with Crippen molar-refractivity contribution in [3.8, 4) is 17.1 Å². The van der Waals surface area contributed by atoms with Crippen molar-refractivity contribution < 1.29 is 0 Å². The molecule has 0 fully saturated rings. The van der Waals surface area contributed by atoms with E-state index in [9.17, 15) is 0 Å². The Morgan fingerprint density at radius 3 is 2.39 bits per heavy atom. The summed E-state index contributed by atoms with van der Waals surface area (Å²) < 4.78 is 1.92. The van der Waals surface area contributed by atoms with Gasteiger partial charge in [-0.3, -0.25) is 4.57 Å². The van der Waals surface area contributed by atoms with E-state index in [2.05, 4.69) is 10.2 Å². The van der Waals surface area contributed by atoms with Gasteiger partial charge in [0, 0.05) is 16.9 Å². The van der Waals surface area contributed by atoms with Gasteiger partial charge in [-0.2, -0.15) is 0 Å². The molecule has 3 rings (SSSR count). The van der Waals surface area contributed by atoms with Crippen molar-refractivity contribution in [1.82, 2.24) is 14.8 Å². The molecule has 2 N–H and O–H groups in total. The Morgan fingerprint density at radius 1 is 0.889 bits per heavy atom. The van der Waals surface area contributed by atoms with Crippen LogP contribution in [-0.4, -0.2) is 14.8 Å². The molecule has 0 atom stereocenters. The van der Waals surface area contributed by atoms with E-state index >= 15 is 0 Å². The number of hydrogen-bond acceptors (Lipinski definition) is 3. The summed E-state index contributed by atoms with van der Waals surface area (Å²) in [5.74, 6) is 0.749. The van der Waals surface area contributed by atoms with Gasteiger partial charge in [0.15, 0.2) is 5.82 Å². The van der Waals surface area contributed by atoms with E-state index in [-0.39, 0.29) is 0 Å². The summed E-state index contributed by atoms with van der Waals surface area (Å²) in [5, 5.41) is 8.13. The minimum atomic E-state index is 0.697. The standard InChI is InChI=1S/C14H12N4/c15-13-9-5-4-8-12(13)14-17-16-10-18(14)11-6-2-1-3-7-11/h1-10H,15H2. The molecule has 0 saturated carbocycles. The molecule has 0 radical (unpaired) electrons. The molecule has 0 saturated heterocycles. The van der Waals surface area contributed by atoms with Gasteiger partial charge in [-0.15, -0.1) is 10.2 Å². The highest BCUT2D eigenvalue weighted by molar-refractivity contribution is 5.72. The van der Waals surface area contributed by atoms with Crippen LogP contribution in [0.3, 0.4) is 0 Å². The first-order valence-electron chi connectivity index (χ1n) is 5.66. The van der Waals surface area contributed by atoms with Crippen LogP contribution < -0.4 is 5.73 Å². The first-order valence-corrected chi connectivity index (χ1v) is 5.66. The lowest BCUT2D eigenvalue weighted by atomic mass is 10.1. The maximum Gasteiger partial charge on any atom is 0.170 e. The van der Waals surface area contributed by atoms with Crippen molar-refractivity contribution in [3.05, 3.63) is 60.9 Å². The van der Waals surface area contributed by atoms with E-state index in [0.717, 1.165) is 17.1 Å². The molecule has 4 heteroatoms. The van der Waals surface area contributed by atoms with Crippen LogP contribution in [0.15, 0.2) is 60.9 Å². The van der Waals surface area contributed by atoms with Gasteiger partial charge < -0.3 is 5.73 Å². The summed E-state index contributed by atoms with van der Waals surface area (Å²) in [4.78, 5) is 0. The maximum atomic E-state index is 5.98. The third kappa shape index (κ3) is 1.73. The molecular weight excluding hydrogens is 224 g/mol. The third-order valence-corrected chi connectivity index (χ3v) is 2.78. The number of nitrogen functional groups attached to an aromatic ring is 1. The second-order valence-electron chi connectivity index (χ2n) is 3.95. The van der Waals surface area contributed by atoms with Gasteiger partial charge in [0.1, 0.15) is 6.33 Å². The summed E-state index contributed by atoms with van der Waals surface area (Å²) in [7, 11) is 0. The molecule has 88 valence electrons. The number of benzene rings is 2. The van der Waals surface area contributed by atoms with E-state index in [1.807, 2.05) is 59.2 Å². The summed E-state index contributed by atoms with van der Waals surface area (Å²) in [6, 6.07) is 17.6. The van der Waals surface area contributed by atoms with Crippen LogP contribution in [0.25, 0.3) is 17.1 Å². The van der Waals surface area contributed by atoms with Crippen molar-refractivity contribution >= 4 is 5.69 Å². The molecule has 4 nitrogen and oxygen atoms in total. The molecule has 0 aliphatic carbocycles. The Bertz CT molecular complexity index is 658. The van der Waals surface area contributed by atoms with Crippen molar-refractivity contribution in [2.24, 2.45) is 0 Å². The van der Waals surface area contributed by atoms with Gasteiger partial charge in [-0.1, -0.05) is 30.3 Å². The lowest BCUT2D eigenvalue weighted by Crippen LogP contribution is -1.98. The Morgan fingerprint density at radius 2 is 1.61 bits per heavy atom. The zero-order chi connectivity index (χ0) is 12.4. The number of nitrogens with zero attached hydrogens (tertiary/aromatic N) is 3. The lowest BCUT2D eigenvalue weighted by Gasteiger charge is -2.08. The average molecular weight is 236 g/mol. The second kappa shape index (κ2) is 4.33. The quantitative estimate of drug-likeness (QED) is 0.695. The summed E-state index contributed by atoms with van der Waals surface area (Å²) >= 11 is 0. The first-order chi connectivity index (χ1) is 8.86. The Labute approximate surface area is 105 Å². The molecule has 0 bridgehead atoms. The van der Waals surface area contributed by atoms with Crippen molar-refractivity contribution in [3.63, 3.8) is 0 Å². The topological polar surface area (TPSA) is 56.7 Å². The zero-order valence-electron chi connectivity index (χ0n) is 9.69. The van der Waals surface area contributed by atoms with Crippen molar-refractivity contribution in [2.75, 3.05) is 5.73 Å². The van der Waals surface area contributed by atoms with E-state index in [0.29, 0.717) is 5.69 Å². The molecule has 1 aromatic heterocycles. The van der Waals surface area contributed by atoms with E-state index in [4.69, 9.17) is 5.73 Å². The highest BCUT2D eigenvalue weighted by atomic mass is 15.3. The van der Waals surface area contributed by atoms with Crippen LogP contribution in [0.5, 0.6) is 0 Å². The minimum Gasteiger partial charge on any atom is -0.398 e. The molecule has 2 aromatic carbocycles. The second-order valence-corrected chi connectivity index (χ2v) is 3.95. The lowest BCUT2D eigenvalue weighted by molar-refractivity contribution is 1.06. The smallest absolute Gasteiger partial charge is 0.170 e. The van der Waals surface area contributed by atoms with Crippen LogP contribution in [0.4, 0.5) is 5.69 Å². The number of aromatic nitrogens is 3. The molecule has 0 unspecified atom stereocenters. The summed E-state index contributed by atoms with van der Waals surface area (Å²) in [6.07, 6.45) is 1.69. The van der Waals surface area contributed by atoms with Crippen LogP contribution in [-0.2, 0) is 0 Å². The van der Waals surface area contributed by atoms with Crippen molar-refractivity contribution in [2.45, 2.75) is 0 Å². The van der Waals surface area contributed by atoms with E-state index in [1.165, 1.54) is 0 Å². The fraction of sp³-hybridized carbons (Fsp3) is 0. The van der Waals surface area contributed by atoms with Crippen molar-refractivity contribution in [1.29, 1.82) is 0 Å². The number of anilines is 1. The largest absolute Gasteiger partial charge is 0.398 e. The molecule has 0 aliphatic rings. The highest BCUT2D eigenvalue weighted by Crippen LogP contribution is 2.25. The predicted octanol–water partition coefficient (Wildman–Crippen LogP) is 2.52. The number of hydrogen-bond donors (Lipinski definition) is 1. The average Bonchev–Trinajstić information content (AvgIpc) is 2.89. The fourth-order valence-electron chi connectivity index (χ4n) is 1.90. The number of nitrogens with two attached hydrogens (primary N) is 1. The normalized spacial score (nSPS) is 10.4. The number of rotatable bonds is 2. The molecule has 0 aliphatic heterocycles. The Hall–Kier alpha value is -2.62. The van der Waals surface area contributed by atoms with Crippen LogP contribution in [0.1, 0.15) is 0 Å². The first kappa shape index (κ1) is 10.5. The minimum absolute atomic E-state index is 0.697. The fourth-order valence-corrected chi connectivity index (χ4v) is 1.90. The van der Waals surface area contributed by atoms with Gasteiger partial charge in [0.25, 0.3) is 0 Å². The molecular formula is C14H12N4. The van der Waals surface area contributed by atoms with Gasteiger partial charge in [0.05, 0.1) is 0 Å². The Balaban J connectivity index is 2.16.